The number of aromatic nitrogens is 1. The number of anilines is 2. The molecule has 1 aromatic carbocycles. The highest BCUT2D eigenvalue weighted by Crippen LogP contribution is 2.42. The van der Waals surface area contributed by atoms with E-state index in [1.165, 1.54) is 25.1 Å². The molecule has 6 heteroatoms. The highest BCUT2D eigenvalue weighted by molar-refractivity contribution is 5.93. The molecule has 0 aliphatic carbocycles. The number of hydrogen-bond donors (Lipinski definition) is 1. The van der Waals surface area contributed by atoms with Gasteiger partial charge in [0.05, 0.1) is 12.2 Å². The van der Waals surface area contributed by atoms with Crippen LogP contribution in [0.15, 0.2) is 36.5 Å². The van der Waals surface area contributed by atoms with Gasteiger partial charge in [-0.3, -0.25) is 4.79 Å². The van der Waals surface area contributed by atoms with Crippen molar-refractivity contribution in [2.45, 2.75) is 32.9 Å². The Labute approximate surface area is 139 Å². The maximum Gasteiger partial charge on any atom is 0.224 e. The lowest BCUT2D eigenvalue weighted by molar-refractivity contribution is -0.117. The Bertz CT molecular complexity index is 763. The normalized spacial score (nSPS) is 22.9. The second kappa shape index (κ2) is 6.19. The number of pyridine rings is 1. The molecule has 0 saturated carbocycles. The van der Waals surface area contributed by atoms with Crippen LogP contribution >= 0.6 is 0 Å². The SMILES string of the molecule is CC(=O)N1c2ccc(F)cc2C(Nc2ccc(F)cn2)C(C)[C@@H]1C. The van der Waals surface area contributed by atoms with E-state index in [0.717, 1.165) is 6.20 Å². The van der Waals surface area contributed by atoms with Crippen molar-refractivity contribution in [3.63, 3.8) is 0 Å². The van der Waals surface area contributed by atoms with Crippen LogP contribution in [-0.2, 0) is 4.79 Å². The molecule has 0 radical (unpaired) electrons. The molecule has 1 aliphatic rings. The molecule has 3 atom stereocenters. The maximum atomic E-state index is 13.8. The first-order chi connectivity index (χ1) is 11.4. The van der Waals surface area contributed by atoms with E-state index in [0.29, 0.717) is 17.1 Å². The summed E-state index contributed by atoms with van der Waals surface area (Å²) >= 11 is 0. The van der Waals surface area contributed by atoms with Crippen molar-refractivity contribution in [2.24, 2.45) is 5.92 Å². The molecule has 1 N–H and O–H groups in total. The van der Waals surface area contributed by atoms with Crippen molar-refractivity contribution >= 4 is 17.4 Å². The van der Waals surface area contributed by atoms with Gasteiger partial charge in [0.15, 0.2) is 0 Å². The van der Waals surface area contributed by atoms with Gasteiger partial charge in [0.25, 0.3) is 0 Å². The Balaban J connectivity index is 2.05. The predicted molar refractivity (Wildman–Crippen MR) is 88.7 cm³/mol. The molecule has 2 aromatic rings. The standard InChI is InChI=1S/C18H19F2N3O/c1-10-11(2)23(12(3)24)16-6-4-13(19)8-15(16)18(10)22-17-7-5-14(20)9-21-17/h4-11,18H,1-3H3,(H,21,22)/t10?,11-,18?/m0/s1. The van der Waals surface area contributed by atoms with Crippen molar-refractivity contribution < 1.29 is 13.6 Å². The van der Waals surface area contributed by atoms with Gasteiger partial charge in [-0.15, -0.1) is 0 Å². The second-order valence-electron chi connectivity index (χ2n) is 6.18. The van der Waals surface area contributed by atoms with E-state index in [9.17, 15) is 13.6 Å². The number of carbonyl (C=O) groups excluding carboxylic acids is 1. The number of nitrogens with one attached hydrogen (secondary N) is 1. The Hall–Kier alpha value is -2.50. The van der Waals surface area contributed by atoms with Crippen molar-refractivity contribution in [1.82, 2.24) is 4.98 Å². The van der Waals surface area contributed by atoms with E-state index in [1.807, 2.05) is 13.8 Å². The van der Waals surface area contributed by atoms with Crippen molar-refractivity contribution in [2.75, 3.05) is 10.2 Å². The van der Waals surface area contributed by atoms with Crippen molar-refractivity contribution in [3.05, 3.63) is 53.7 Å². The van der Waals surface area contributed by atoms with Crippen LogP contribution < -0.4 is 10.2 Å². The van der Waals surface area contributed by atoms with Gasteiger partial charge in [-0.2, -0.15) is 0 Å². The molecular formula is C18H19F2N3O. The van der Waals surface area contributed by atoms with Crippen LogP contribution in [0.25, 0.3) is 0 Å². The summed E-state index contributed by atoms with van der Waals surface area (Å²) in [5.41, 5.74) is 1.39. The summed E-state index contributed by atoms with van der Waals surface area (Å²) in [4.78, 5) is 17.8. The Kier molecular flexibility index (Phi) is 4.22. The van der Waals surface area contributed by atoms with Gasteiger partial charge in [0.2, 0.25) is 5.91 Å². The van der Waals surface area contributed by atoms with Crippen LogP contribution in [0.1, 0.15) is 32.4 Å². The summed E-state index contributed by atoms with van der Waals surface area (Å²) in [6.45, 7) is 5.46. The molecule has 2 heterocycles. The van der Waals surface area contributed by atoms with Crippen LogP contribution in [0.5, 0.6) is 0 Å². The zero-order valence-electron chi connectivity index (χ0n) is 13.8. The van der Waals surface area contributed by atoms with Gasteiger partial charge in [0.1, 0.15) is 17.5 Å². The number of carbonyl (C=O) groups is 1. The number of fused-ring (bicyclic) bond motifs is 1. The number of halogens is 2. The molecule has 0 fully saturated rings. The highest BCUT2D eigenvalue weighted by Gasteiger charge is 2.38. The minimum atomic E-state index is -0.417. The summed E-state index contributed by atoms with van der Waals surface area (Å²) < 4.78 is 26.9. The molecule has 1 amide bonds. The third kappa shape index (κ3) is 2.84. The predicted octanol–water partition coefficient (Wildman–Crippen LogP) is 3.90. The van der Waals surface area contributed by atoms with Gasteiger partial charge >= 0.3 is 0 Å². The van der Waals surface area contributed by atoms with Crippen LogP contribution in [0.3, 0.4) is 0 Å². The molecule has 24 heavy (non-hydrogen) atoms. The monoisotopic (exact) mass is 331 g/mol. The molecule has 0 spiro atoms. The van der Waals surface area contributed by atoms with E-state index in [1.54, 1.807) is 17.0 Å². The van der Waals surface area contributed by atoms with Crippen LogP contribution in [0.4, 0.5) is 20.3 Å². The number of nitrogens with zero attached hydrogens (tertiary/aromatic N) is 2. The van der Waals surface area contributed by atoms with Crippen LogP contribution in [0.2, 0.25) is 0 Å². The molecule has 2 unspecified atom stereocenters. The van der Waals surface area contributed by atoms with E-state index >= 15 is 0 Å². The van der Waals surface area contributed by atoms with E-state index in [2.05, 4.69) is 10.3 Å². The molecule has 1 aliphatic heterocycles. The molecule has 0 saturated heterocycles. The van der Waals surface area contributed by atoms with E-state index in [-0.39, 0.29) is 29.7 Å². The first kappa shape index (κ1) is 16.4. The second-order valence-corrected chi connectivity index (χ2v) is 6.18. The van der Waals surface area contributed by atoms with Gasteiger partial charge in [0, 0.05) is 30.1 Å². The quantitative estimate of drug-likeness (QED) is 0.908. The first-order valence-corrected chi connectivity index (χ1v) is 7.86. The van der Waals surface area contributed by atoms with Crippen LogP contribution in [-0.4, -0.2) is 16.9 Å². The lowest BCUT2D eigenvalue weighted by Crippen LogP contribution is -2.48. The lowest BCUT2D eigenvalue weighted by Gasteiger charge is -2.44. The Morgan fingerprint density at radius 2 is 1.88 bits per heavy atom. The van der Waals surface area contributed by atoms with E-state index < -0.39 is 5.82 Å². The zero-order chi connectivity index (χ0) is 17.4. The Morgan fingerprint density at radius 3 is 2.50 bits per heavy atom. The Morgan fingerprint density at radius 1 is 1.17 bits per heavy atom. The lowest BCUT2D eigenvalue weighted by atomic mass is 9.82. The average molecular weight is 331 g/mol. The molecule has 0 bridgehead atoms. The summed E-state index contributed by atoms with van der Waals surface area (Å²) in [6.07, 6.45) is 1.13. The molecular weight excluding hydrogens is 312 g/mol. The fourth-order valence-electron chi connectivity index (χ4n) is 3.30. The van der Waals surface area contributed by atoms with Gasteiger partial charge in [-0.05, 0) is 37.3 Å². The molecule has 1 aromatic heterocycles. The fraction of sp³-hybridized carbons (Fsp3) is 0.333. The first-order valence-electron chi connectivity index (χ1n) is 7.86. The maximum absolute atomic E-state index is 13.8. The van der Waals surface area contributed by atoms with Gasteiger partial charge < -0.3 is 10.2 Å². The topological polar surface area (TPSA) is 45.2 Å². The fourth-order valence-corrected chi connectivity index (χ4v) is 3.30. The minimum Gasteiger partial charge on any atom is -0.363 e. The van der Waals surface area contributed by atoms with Crippen LogP contribution in [0, 0.1) is 17.6 Å². The zero-order valence-corrected chi connectivity index (χ0v) is 13.8. The molecule has 3 rings (SSSR count). The summed E-state index contributed by atoms with van der Waals surface area (Å²) in [7, 11) is 0. The summed E-state index contributed by atoms with van der Waals surface area (Å²) in [6, 6.07) is 6.97. The number of hydrogen-bond acceptors (Lipinski definition) is 3. The van der Waals surface area contributed by atoms with Crippen molar-refractivity contribution in [1.29, 1.82) is 0 Å². The number of amides is 1. The average Bonchev–Trinajstić information content (AvgIpc) is 2.54. The van der Waals surface area contributed by atoms with Gasteiger partial charge in [-0.25, -0.2) is 13.8 Å². The molecule has 126 valence electrons. The highest BCUT2D eigenvalue weighted by atomic mass is 19.1. The third-order valence-corrected chi connectivity index (χ3v) is 4.65. The van der Waals surface area contributed by atoms with Crippen molar-refractivity contribution in [3.8, 4) is 0 Å². The minimum absolute atomic E-state index is 0.00931. The van der Waals surface area contributed by atoms with E-state index in [4.69, 9.17) is 0 Å². The summed E-state index contributed by atoms with van der Waals surface area (Å²) in [5, 5.41) is 3.25. The summed E-state index contributed by atoms with van der Waals surface area (Å²) in [5.74, 6) is -0.347. The smallest absolute Gasteiger partial charge is 0.224 e. The largest absolute Gasteiger partial charge is 0.363 e. The number of benzene rings is 1. The third-order valence-electron chi connectivity index (χ3n) is 4.65. The number of rotatable bonds is 2. The van der Waals surface area contributed by atoms with Gasteiger partial charge in [-0.1, -0.05) is 6.92 Å². The molecule has 4 nitrogen and oxygen atoms in total.